The second-order valence-electron chi connectivity index (χ2n) is 4.64. The molecule has 0 fully saturated rings. The van der Waals surface area contributed by atoms with Crippen molar-refractivity contribution in [2.45, 2.75) is 12.8 Å². The maximum Gasteiger partial charge on any atom is 0.273 e. The minimum absolute atomic E-state index is 0.261. The summed E-state index contributed by atoms with van der Waals surface area (Å²) in [6.45, 7) is 0.495. The molecule has 0 spiro atoms. The van der Waals surface area contributed by atoms with Crippen LogP contribution in [0.4, 0.5) is 0 Å². The number of nitrogens with one attached hydrogen (secondary N) is 1. The first kappa shape index (κ1) is 14.0. The molecule has 0 radical (unpaired) electrons. The summed E-state index contributed by atoms with van der Waals surface area (Å²) in [6.07, 6.45) is 2.68. The highest BCUT2D eigenvalue weighted by molar-refractivity contribution is 5.93. The van der Waals surface area contributed by atoms with Gasteiger partial charge in [0.1, 0.15) is 0 Å². The first-order chi connectivity index (χ1) is 10.8. The third kappa shape index (κ3) is 3.38. The lowest BCUT2D eigenvalue weighted by Crippen LogP contribution is -2.25. The fourth-order valence-corrected chi connectivity index (χ4v) is 1.96. The van der Waals surface area contributed by atoms with E-state index in [2.05, 4.69) is 20.6 Å². The monoisotopic (exact) mass is 298 g/mol. The molecule has 0 aliphatic heterocycles. The van der Waals surface area contributed by atoms with Crippen LogP contribution < -0.4 is 5.32 Å². The van der Waals surface area contributed by atoms with Crippen LogP contribution in [0.15, 0.2) is 51.8 Å². The number of carbonyl (C=O) groups is 1. The average Bonchev–Trinajstić information content (AvgIpc) is 3.24. The van der Waals surface area contributed by atoms with Crippen molar-refractivity contribution < 1.29 is 13.8 Å². The van der Waals surface area contributed by atoms with Crippen LogP contribution in [0.5, 0.6) is 0 Å². The molecule has 2 heterocycles. The van der Waals surface area contributed by atoms with Crippen molar-refractivity contribution in [3.8, 4) is 11.3 Å². The molecule has 3 aromatic rings. The second kappa shape index (κ2) is 6.66. The molecule has 0 aliphatic carbocycles. The molecule has 1 aromatic carbocycles. The zero-order valence-electron chi connectivity index (χ0n) is 11.7. The molecule has 0 saturated carbocycles. The number of carbonyl (C=O) groups excluding carboxylic acids is 1. The molecule has 0 saturated heterocycles. The Bertz CT molecular complexity index is 722. The van der Waals surface area contributed by atoms with E-state index in [-0.39, 0.29) is 11.6 Å². The molecule has 7 heteroatoms. The van der Waals surface area contributed by atoms with E-state index in [0.29, 0.717) is 31.0 Å². The zero-order chi connectivity index (χ0) is 15.2. The van der Waals surface area contributed by atoms with E-state index in [0.717, 1.165) is 5.56 Å². The van der Waals surface area contributed by atoms with Crippen molar-refractivity contribution >= 4 is 5.91 Å². The van der Waals surface area contributed by atoms with Crippen LogP contribution in [0.25, 0.3) is 11.3 Å². The lowest BCUT2D eigenvalue weighted by Gasteiger charge is -2.00. The summed E-state index contributed by atoms with van der Waals surface area (Å²) >= 11 is 0. The Morgan fingerprint density at radius 1 is 1.18 bits per heavy atom. The van der Waals surface area contributed by atoms with Crippen LogP contribution in [-0.2, 0) is 6.42 Å². The summed E-state index contributed by atoms with van der Waals surface area (Å²) in [7, 11) is 0. The minimum atomic E-state index is -0.267. The van der Waals surface area contributed by atoms with Gasteiger partial charge in [-0.3, -0.25) is 4.79 Å². The largest absolute Gasteiger partial charge is 0.355 e. The fourth-order valence-electron chi connectivity index (χ4n) is 1.96. The summed E-state index contributed by atoms with van der Waals surface area (Å²) in [5.74, 6) is 0.857. The zero-order valence-corrected chi connectivity index (χ0v) is 11.7. The number of nitrogens with zero attached hydrogens (tertiary/aromatic N) is 3. The molecular weight excluding hydrogens is 284 g/mol. The fraction of sp³-hybridized carbons (Fsp3) is 0.200. The molecule has 112 valence electrons. The van der Waals surface area contributed by atoms with Crippen LogP contribution >= 0.6 is 0 Å². The van der Waals surface area contributed by atoms with Crippen LogP contribution in [0.1, 0.15) is 22.8 Å². The summed E-state index contributed by atoms with van der Waals surface area (Å²) < 4.78 is 10.1. The maximum atomic E-state index is 12.0. The lowest BCUT2D eigenvalue weighted by molar-refractivity contribution is 0.0944. The molecule has 2 aromatic heterocycles. The van der Waals surface area contributed by atoms with Crippen molar-refractivity contribution in [2.24, 2.45) is 0 Å². The van der Waals surface area contributed by atoms with Crippen LogP contribution in [0.2, 0.25) is 0 Å². The number of aryl methyl sites for hydroxylation is 1. The first-order valence-corrected chi connectivity index (χ1v) is 6.89. The van der Waals surface area contributed by atoms with Gasteiger partial charge >= 0.3 is 0 Å². The van der Waals surface area contributed by atoms with E-state index in [4.69, 9.17) is 9.05 Å². The van der Waals surface area contributed by atoms with Gasteiger partial charge in [-0.2, -0.15) is 4.98 Å². The minimum Gasteiger partial charge on any atom is -0.355 e. The van der Waals surface area contributed by atoms with E-state index in [1.54, 1.807) is 6.07 Å². The Labute approximate surface area is 126 Å². The van der Waals surface area contributed by atoms with Crippen LogP contribution in [-0.4, -0.2) is 27.7 Å². The number of hydrogen-bond acceptors (Lipinski definition) is 6. The Balaban J connectivity index is 1.51. The van der Waals surface area contributed by atoms with Gasteiger partial charge in [-0.25, -0.2) is 0 Å². The van der Waals surface area contributed by atoms with E-state index < -0.39 is 0 Å². The van der Waals surface area contributed by atoms with Gasteiger partial charge in [0.15, 0.2) is 17.8 Å². The molecule has 1 amide bonds. The highest BCUT2D eigenvalue weighted by atomic mass is 16.5. The molecule has 22 heavy (non-hydrogen) atoms. The number of rotatable bonds is 6. The SMILES string of the molecule is O=C(NCCCc1ncno1)c1cc(-c2ccccc2)on1. The Kier molecular flexibility index (Phi) is 4.24. The predicted molar refractivity (Wildman–Crippen MR) is 76.9 cm³/mol. The van der Waals surface area contributed by atoms with Gasteiger partial charge in [0, 0.05) is 24.6 Å². The van der Waals surface area contributed by atoms with E-state index in [1.807, 2.05) is 30.3 Å². The third-order valence-corrected chi connectivity index (χ3v) is 3.06. The molecule has 0 bridgehead atoms. The van der Waals surface area contributed by atoms with Gasteiger partial charge in [0.25, 0.3) is 5.91 Å². The van der Waals surface area contributed by atoms with Crippen molar-refractivity contribution in [3.05, 3.63) is 54.3 Å². The van der Waals surface area contributed by atoms with E-state index >= 15 is 0 Å². The maximum absolute atomic E-state index is 12.0. The highest BCUT2D eigenvalue weighted by Crippen LogP contribution is 2.19. The smallest absolute Gasteiger partial charge is 0.273 e. The van der Waals surface area contributed by atoms with Gasteiger partial charge in [0.05, 0.1) is 0 Å². The topological polar surface area (TPSA) is 94.1 Å². The Hall–Kier alpha value is -2.96. The van der Waals surface area contributed by atoms with Crippen molar-refractivity contribution in [1.29, 1.82) is 0 Å². The van der Waals surface area contributed by atoms with Crippen molar-refractivity contribution in [1.82, 2.24) is 20.6 Å². The van der Waals surface area contributed by atoms with Crippen LogP contribution in [0.3, 0.4) is 0 Å². The van der Waals surface area contributed by atoms with Crippen LogP contribution in [0, 0.1) is 0 Å². The summed E-state index contributed by atoms with van der Waals surface area (Å²) in [5.41, 5.74) is 1.14. The third-order valence-electron chi connectivity index (χ3n) is 3.06. The molecule has 3 rings (SSSR count). The van der Waals surface area contributed by atoms with Gasteiger partial charge in [-0.05, 0) is 6.42 Å². The Morgan fingerprint density at radius 2 is 2.05 bits per heavy atom. The molecule has 1 N–H and O–H groups in total. The molecule has 7 nitrogen and oxygen atoms in total. The summed E-state index contributed by atoms with van der Waals surface area (Å²) in [4.78, 5) is 15.9. The van der Waals surface area contributed by atoms with E-state index in [1.165, 1.54) is 6.33 Å². The van der Waals surface area contributed by atoms with Crippen molar-refractivity contribution in [2.75, 3.05) is 6.54 Å². The number of benzene rings is 1. The first-order valence-electron chi connectivity index (χ1n) is 6.89. The number of amides is 1. The van der Waals surface area contributed by atoms with Gasteiger partial charge < -0.3 is 14.4 Å². The standard InChI is InChI=1S/C15H14N4O3/c20-15(16-8-4-7-14-17-10-18-22-14)12-9-13(21-19-12)11-5-2-1-3-6-11/h1-3,5-6,9-10H,4,7-8H2,(H,16,20). The number of hydrogen-bond donors (Lipinski definition) is 1. The van der Waals surface area contributed by atoms with Gasteiger partial charge in [-0.1, -0.05) is 40.6 Å². The quantitative estimate of drug-likeness (QED) is 0.700. The predicted octanol–water partition coefficient (Wildman–Crippen LogP) is 2.09. The average molecular weight is 298 g/mol. The van der Waals surface area contributed by atoms with Gasteiger partial charge in [0.2, 0.25) is 5.89 Å². The summed E-state index contributed by atoms with van der Waals surface area (Å²) in [5, 5.41) is 10.1. The normalized spacial score (nSPS) is 10.5. The molecular formula is C15H14N4O3. The molecule has 0 atom stereocenters. The molecule has 0 aliphatic rings. The Morgan fingerprint density at radius 3 is 2.82 bits per heavy atom. The van der Waals surface area contributed by atoms with Gasteiger partial charge in [-0.15, -0.1) is 0 Å². The second-order valence-corrected chi connectivity index (χ2v) is 4.64. The molecule has 0 unspecified atom stereocenters. The highest BCUT2D eigenvalue weighted by Gasteiger charge is 2.13. The van der Waals surface area contributed by atoms with Crippen molar-refractivity contribution in [3.63, 3.8) is 0 Å². The summed E-state index contributed by atoms with van der Waals surface area (Å²) in [6, 6.07) is 11.1. The number of aromatic nitrogens is 3. The lowest BCUT2D eigenvalue weighted by atomic mass is 10.1. The van der Waals surface area contributed by atoms with E-state index in [9.17, 15) is 4.79 Å².